The largest absolute Gasteiger partial charge is 0.497 e. The zero-order valence-electron chi connectivity index (χ0n) is 5.46. The fraction of sp³-hybridized carbons (Fsp3) is 0.429. The smallest absolute Gasteiger partial charge is 0.106 e. The van der Waals surface area contributed by atoms with Crippen molar-refractivity contribution in [1.82, 2.24) is 0 Å². The van der Waals surface area contributed by atoms with E-state index < -0.39 is 0 Å². The molecule has 0 amide bonds. The standard InChI is InChI=1S/C7H10O2/c1-8-6-7-2-4-9-5-3-7/h2-4H,5-6H2,1H3. The van der Waals surface area contributed by atoms with E-state index in [0.717, 1.165) is 0 Å². The molecule has 0 saturated heterocycles. The highest BCUT2D eigenvalue weighted by atomic mass is 16.5. The maximum atomic E-state index is 4.93. The SMILES string of the molecule is COCC1=CCOC=C1. The first kappa shape index (κ1) is 6.36. The van der Waals surface area contributed by atoms with Crippen molar-refractivity contribution in [3.63, 3.8) is 0 Å². The van der Waals surface area contributed by atoms with E-state index in [0.29, 0.717) is 13.2 Å². The van der Waals surface area contributed by atoms with E-state index >= 15 is 0 Å². The molecule has 1 aliphatic heterocycles. The number of rotatable bonds is 2. The Labute approximate surface area is 54.8 Å². The average molecular weight is 126 g/mol. The van der Waals surface area contributed by atoms with Crippen molar-refractivity contribution in [2.75, 3.05) is 20.3 Å². The molecule has 0 N–H and O–H groups in total. The van der Waals surface area contributed by atoms with Gasteiger partial charge in [-0.1, -0.05) is 0 Å². The van der Waals surface area contributed by atoms with Crippen LogP contribution in [0, 0.1) is 0 Å². The predicted octanol–water partition coefficient (Wildman–Crippen LogP) is 1.10. The fourth-order valence-corrected chi connectivity index (χ4v) is 0.688. The van der Waals surface area contributed by atoms with E-state index in [-0.39, 0.29) is 0 Å². The first-order valence-electron chi connectivity index (χ1n) is 2.89. The number of hydrogen-bond donors (Lipinski definition) is 0. The van der Waals surface area contributed by atoms with Crippen molar-refractivity contribution in [3.8, 4) is 0 Å². The molecule has 0 saturated carbocycles. The molecule has 0 atom stereocenters. The molecule has 0 aromatic rings. The molecule has 1 rings (SSSR count). The molecular weight excluding hydrogens is 116 g/mol. The van der Waals surface area contributed by atoms with Crippen LogP contribution in [0.15, 0.2) is 24.0 Å². The van der Waals surface area contributed by atoms with Gasteiger partial charge in [0.15, 0.2) is 0 Å². The third kappa shape index (κ3) is 1.90. The van der Waals surface area contributed by atoms with Crippen molar-refractivity contribution in [2.45, 2.75) is 0 Å². The molecule has 0 aromatic carbocycles. The highest BCUT2D eigenvalue weighted by molar-refractivity contribution is 5.20. The summed E-state index contributed by atoms with van der Waals surface area (Å²) in [5.41, 5.74) is 1.18. The van der Waals surface area contributed by atoms with Crippen molar-refractivity contribution < 1.29 is 9.47 Å². The van der Waals surface area contributed by atoms with E-state index in [9.17, 15) is 0 Å². The summed E-state index contributed by atoms with van der Waals surface area (Å²) in [6.45, 7) is 1.36. The summed E-state index contributed by atoms with van der Waals surface area (Å²) in [4.78, 5) is 0. The van der Waals surface area contributed by atoms with Crippen molar-refractivity contribution in [2.24, 2.45) is 0 Å². The maximum Gasteiger partial charge on any atom is 0.106 e. The first-order valence-corrected chi connectivity index (χ1v) is 2.89. The van der Waals surface area contributed by atoms with E-state index in [4.69, 9.17) is 9.47 Å². The fourth-order valence-electron chi connectivity index (χ4n) is 0.688. The number of ether oxygens (including phenoxy) is 2. The average Bonchev–Trinajstić information content (AvgIpc) is 1.91. The summed E-state index contributed by atoms with van der Waals surface area (Å²) in [5, 5.41) is 0. The lowest BCUT2D eigenvalue weighted by Gasteiger charge is -2.05. The highest BCUT2D eigenvalue weighted by Gasteiger charge is 1.94. The zero-order chi connectivity index (χ0) is 6.53. The van der Waals surface area contributed by atoms with Gasteiger partial charge in [-0.3, -0.25) is 0 Å². The van der Waals surface area contributed by atoms with Gasteiger partial charge in [0.25, 0.3) is 0 Å². The summed E-state index contributed by atoms with van der Waals surface area (Å²) in [6, 6.07) is 0. The molecule has 9 heavy (non-hydrogen) atoms. The Morgan fingerprint density at radius 3 is 3.22 bits per heavy atom. The first-order chi connectivity index (χ1) is 4.43. The molecule has 0 radical (unpaired) electrons. The second kappa shape index (κ2) is 3.30. The normalized spacial score (nSPS) is 16.8. The van der Waals surface area contributed by atoms with Gasteiger partial charge in [-0.15, -0.1) is 0 Å². The van der Waals surface area contributed by atoms with Crippen LogP contribution >= 0.6 is 0 Å². The minimum absolute atomic E-state index is 0.676. The Hall–Kier alpha value is -0.760. The van der Waals surface area contributed by atoms with Gasteiger partial charge in [0.2, 0.25) is 0 Å². The van der Waals surface area contributed by atoms with Gasteiger partial charge in [-0.05, 0) is 17.7 Å². The Morgan fingerprint density at radius 2 is 2.67 bits per heavy atom. The monoisotopic (exact) mass is 126 g/mol. The minimum Gasteiger partial charge on any atom is -0.497 e. The van der Waals surface area contributed by atoms with Crippen molar-refractivity contribution >= 4 is 0 Å². The molecule has 1 heterocycles. The Balaban J connectivity index is 2.38. The summed E-state index contributed by atoms with van der Waals surface area (Å²) in [6.07, 6.45) is 5.60. The molecule has 1 aliphatic rings. The van der Waals surface area contributed by atoms with Crippen molar-refractivity contribution in [3.05, 3.63) is 24.0 Å². The van der Waals surface area contributed by atoms with Crippen LogP contribution in [-0.2, 0) is 9.47 Å². The number of hydrogen-bond acceptors (Lipinski definition) is 2. The van der Waals surface area contributed by atoms with Gasteiger partial charge >= 0.3 is 0 Å². The third-order valence-corrected chi connectivity index (χ3v) is 1.13. The van der Waals surface area contributed by atoms with Crippen LogP contribution in [0.2, 0.25) is 0 Å². The van der Waals surface area contributed by atoms with Gasteiger partial charge in [-0.25, -0.2) is 0 Å². The van der Waals surface area contributed by atoms with Crippen LogP contribution in [-0.4, -0.2) is 20.3 Å². The Kier molecular flexibility index (Phi) is 2.33. The van der Waals surface area contributed by atoms with Gasteiger partial charge in [0.1, 0.15) is 6.61 Å². The van der Waals surface area contributed by atoms with Crippen LogP contribution in [0.25, 0.3) is 0 Å². The lowest BCUT2D eigenvalue weighted by molar-refractivity contribution is 0.222. The predicted molar refractivity (Wildman–Crippen MR) is 35.1 cm³/mol. The molecule has 0 fully saturated rings. The lowest BCUT2D eigenvalue weighted by Crippen LogP contribution is -1.97. The van der Waals surface area contributed by atoms with Gasteiger partial charge < -0.3 is 9.47 Å². The summed E-state index contributed by atoms with van der Waals surface area (Å²) in [7, 11) is 1.68. The Bertz CT molecular complexity index is 136. The van der Waals surface area contributed by atoms with E-state index in [2.05, 4.69) is 0 Å². The van der Waals surface area contributed by atoms with E-state index in [1.165, 1.54) is 5.57 Å². The molecular formula is C7H10O2. The van der Waals surface area contributed by atoms with E-state index in [1.807, 2.05) is 12.2 Å². The highest BCUT2D eigenvalue weighted by Crippen LogP contribution is 2.02. The van der Waals surface area contributed by atoms with Crippen LogP contribution < -0.4 is 0 Å². The molecule has 0 unspecified atom stereocenters. The van der Waals surface area contributed by atoms with Crippen LogP contribution in [0.1, 0.15) is 0 Å². The molecule has 0 aromatic heterocycles. The third-order valence-electron chi connectivity index (χ3n) is 1.13. The molecule has 0 spiro atoms. The minimum atomic E-state index is 0.676. The van der Waals surface area contributed by atoms with E-state index in [1.54, 1.807) is 13.4 Å². The summed E-state index contributed by atoms with van der Waals surface area (Å²) < 4.78 is 9.84. The molecule has 0 aliphatic carbocycles. The van der Waals surface area contributed by atoms with Crippen LogP contribution in [0.5, 0.6) is 0 Å². The second-order valence-electron chi connectivity index (χ2n) is 1.85. The van der Waals surface area contributed by atoms with Gasteiger partial charge in [0.05, 0.1) is 12.9 Å². The number of methoxy groups -OCH3 is 1. The summed E-state index contributed by atoms with van der Waals surface area (Å²) >= 11 is 0. The van der Waals surface area contributed by atoms with Crippen LogP contribution in [0.4, 0.5) is 0 Å². The topological polar surface area (TPSA) is 18.5 Å². The van der Waals surface area contributed by atoms with Crippen LogP contribution in [0.3, 0.4) is 0 Å². The molecule has 0 bridgehead atoms. The van der Waals surface area contributed by atoms with Gasteiger partial charge in [0, 0.05) is 7.11 Å². The molecule has 2 heteroatoms. The second-order valence-corrected chi connectivity index (χ2v) is 1.85. The maximum absolute atomic E-state index is 4.93. The Morgan fingerprint density at radius 1 is 1.78 bits per heavy atom. The lowest BCUT2D eigenvalue weighted by atomic mass is 10.2. The quantitative estimate of drug-likeness (QED) is 0.551. The molecule has 50 valence electrons. The summed E-state index contributed by atoms with van der Waals surface area (Å²) in [5.74, 6) is 0. The van der Waals surface area contributed by atoms with Gasteiger partial charge in [-0.2, -0.15) is 0 Å². The van der Waals surface area contributed by atoms with Crippen molar-refractivity contribution in [1.29, 1.82) is 0 Å². The molecule has 2 nitrogen and oxygen atoms in total. The zero-order valence-corrected chi connectivity index (χ0v) is 5.46.